The Hall–Kier alpha value is -1.70. The second-order valence-electron chi connectivity index (χ2n) is 4.83. The summed E-state index contributed by atoms with van der Waals surface area (Å²) in [5, 5.41) is 9.91. The first kappa shape index (κ1) is 17.4. The monoisotopic (exact) mass is 312 g/mol. The number of carbonyl (C=O) groups is 1. The highest BCUT2D eigenvalue weighted by Gasteiger charge is 2.43. The number of hydrogen-bond acceptors (Lipinski definition) is 3. The van der Waals surface area contributed by atoms with E-state index in [2.05, 4.69) is 4.74 Å². The second kappa shape index (κ2) is 5.97. The molecule has 21 heavy (non-hydrogen) atoms. The Morgan fingerprint density at radius 3 is 1.81 bits per heavy atom. The lowest BCUT2D eigenvalue weighted by molar-refractivity contribution is -0.160. The molecule has 1 atom stereocenters. The number of aliphatic hydroxyl groups excluding tert-OH is 1. The zero-order chi connectivity index (χ0) is 16.5. The Bertz CT molecular complexity index is 542. The van der Waals surface area contributed by atoms with E-state index in [1.807, 2.05) is 0 Å². The van der Waals surface area contributed by atoms with Crippen LogP contribution in [0.2, 0.25) is 0 Å². The molecule has 1 rings (SSSR count). The highest BCUT2D eigenvalue weighted by Crippen LogP contribution is 2.38. The van der Waals surface area contributed by atoms with Crippen LogP contribution in [0.25, 0.3) is 0 Å². The molecular weight excluding hydrogens is 299 g/mol. The minimum atomic E-state index is -2.34. The Morgan fingerprint density at radius 1 is 1.05 bits per heavy atom. The lowest BCUT2D eigenvalue weighted by Crippen LogP contribution is -2.34. The zero-order valence-electron chi connectivity index (χ0n) is 11.4. The van der Waals surface area contributed by atoms with Crippen LogP contribution in [0.1, 0.15) is 32.4 Å². The molecule has 0 aliphatic rings. The molecule has 0 heterocycles. The largest absolute Gasteiger partial charge is 0.465 e. The Labute approximate surface area is 117 Å². The van der Waals surface area contributed by atoms with Crippen molar-refractivity contribution in [1.29, 1.82) is 0 Å². The van der Waals surface area contributed by atoms with Crippen LogP contribution in [0.4, 0.5) is 22.0 Å². The van der Waals surface area contributed by atoms with Crippen molar-refractivity contribution in [2.24, 2.45) is 5.41 Å². The van der Waals surface area contributed by atoms with Gasteiger partial charge in [-0.05, 0) is 20.8 Å². The first-order chi connectivity index (χ1) is 9.57. The number of aliphatic hydroxyl groups is 1. The molecule has 0 spiro atoms. The molecule has 0 bridgehead atoms. The summed E-state index contributed by atoms with van der Waals surface area (Å²) in [4.78, 5) is 11.7. The number of ether oxygens (including phenoxy) is 1. The van der Waals surface area contributed by atoms with Gasteiger partial charge < -0.3 is 9.84 Å². The summed E-state index contributed by atoms with van der Waals surface area (Å²) < 4.78 is 71.0. The van der Waals surface area contributed by atoms with Crippen LogP contribution >= 0.6 is 0 Å². The Kier molecular flexibility index (Phi) is 4.93. The van der Waals surface area contributed by atoms with Gasteiger partial charge in [0.2, 0.25) is 5.82 Å². The van der Waals surface area contributed by atoms with Gasteiger partial charge in [0.05, 0.1) is 17.6 Å². The summed E-state index contributed by atoms with van der Waals surface area (Å²) in [6, 6.07) is 0. The van der Waals surface area contributed by atoms with Crippen molar-refractivity contribution in [2.75, 3.05) is 6.61 Å². The average molecular weight is 312 g/mol. The number of carbonyl (C=O) groups excluding carboxylic acids is 1. The first-order valence-corrected chi connectivity index (χ1v) is 5.93. The Balaban J connectivity index is 3.44. The quantitative estimate of drug-likeness (QED) is 0.402. The molecule has 0 aliphatic carbocycles. The minimum absolute atomic E-state index is 0.0773. The van der Waals surface area contributed by atoms with E-state index in [-0.39, 0.29) is 6.61 Å². The molecule has 0 saturated carbocycles. The molecule has 0 saturated heterocycles. The summed E-state index contributed by atoms with van der Waals surface area (Å²) in [5.74, 6) is -12.1. The summed E-state index contributed by atoms with van der Waals surface area (Å²) >= 11 is 0. The molecule has 1 aromatic carbocycles. The average Bonchev–Trinajstić information content (AvgIpc) is 2.43. The molecule has 0 aliphatic heterocycles. The van der Waals surface area contributed by atoms with Gasteiger partial charge in [-0.25, -0.2) is 22.0 Å². The van der Waals surface area contributed by atoms with Gasteiger partial charge in [-0.15, -0.1) is 0 Å². The van der Waals surface area contributed by atoms with Gasteiger partial charge in [0.25, 0.3) is 0 Å². The molecule has 1 unspecified atom stereocenters. The van der Waals surface area contributed by atoms with Crippen LogP contribution < -0.4 is 0 Å². The fourth-order valence-corrected chi connectivity index (χ4v) is 1.65. The zero-order valence-corrected chi connectivity index (χ0v) is 11.4. The molecule has 8 heteroatoms. The van der Waals surface area contributed by atoms with E-state index in [4.69, 9.17) is 0 Å². The molecule has 3 nitrogen and oxygen atoms in total. The number of benzene rings is 1. The molecule has 0 fully saturated rings. The fraction of sp³-hybridized carbons (Fsp3) is 0.462. The van der Waals surface area contributed by atoms with Crippen LogP contribution in [0.3, 0.4) is 0 Å². The van der Waals surface area contributed by atoms with Crippen LogP contribution in [-0.2, 0) is 9.53 Å². The summed E-state index contributed by atoms with van der Waals surface area (Å²) in [7, 11) is 0. The summed E-state index contributed by atoms with van der Waals surface area (Å²) in [5.41, 5.74) is -3.38. The van der Waals surface area contributed by atoms with Gasteiger partial charge in [-0.1, -0.05) is 0 Å². The number of hydrogen-bond donors (Lipinski definition) is 1. The standard InChI is InChI=1S/C13H13F5O3/c1-4-21-12(20)13(2,3)11(19)5-6(14)8(16)10(18)9(17)7(5)15/h11,19H,4H2,1-3H3. The van der Waals surface area contributed by atoms with Crippen LogP contribution in [0.15, 0.2) is 0 Å². The fourth-order valence-electron chi connectivity index (χ4n) is 1.65. The molecule has 118 valence electrons. The van der Waals surface area contributed by atoms with E-state index >= 15 is 0 Å². The van der Waals surface area contributed by atoms with Crippen molar-refractivity contribution in [3.05, 3.63) is 34.6 Å². The first-order valence-electron chi connectivity index (χ1n) is 5.93. The normalized spacial score (nSPS) is 13.2. The van der Waals surface area contributed by atoms with Gasteiger partial charge in [-0.2, -0.15) is 0 Å². The van der Waals surface area contributed by atoms with Crippen molar-refractivity contribution in [3.63, 3.8) is 0 Å². The molecule has 0 radical (unpaired) electrons. The summed E-state index contributed by atoms with van der Waals surface area (Å²) in [6.45, 7) is 3.51. The molecule has 1 N–H and O–H groups in total. The molecule has 0 amide bonds. The SMILES string of the molecule is CCOC(=O)C(C)(C)C(O)c1c(F)c(F)c(F)c(F)c1F. The third-order valence-corrected chi connectivity index (χ3v) is 3.00. The predicted molar refractivity (Wildman–Crippen MR) is 61.6 cm³/mol. The summed E-state index contributed by atoms with van der Waals surface area (Å²) in [6.07, 6.45) is -2.28. The van der Waals surface area contributed by atoms with Crippen LogP contribution in [-0.4, -0.2) is 17.7 Å². The van der Waals surface area contributed by atoms with Crippen molar-refractivity contribution in [2.45, 2.75) is 26.9 Å². The van der Waals surface area contributed by atoms with E-state index in [1.165, 1.54) is 6.92 Å². The highest BCUT2D eigenvalue weighted by atomic mass is 19.2. The third kappa shape index (κ3) is 2.85. The number of esters is 1. The lowest BCUT2D eigenvalue weighted by Gasteiger charge is -2.28. The third-order valence-electron chi connectivity index (χ3n) is 3.00. The van der Waals surface area contributed by atoms with E-state index in [0.717, 1.165) is 13.8 Å². The maximum Gasteiger partial charge on any atom is 0.314 e. The molecule has 1 aromatic rings. The van der Waals surface area contributed by atoms with Gasteiger partial charge in [0.1, 0.15) is 6.10 Å². The van der Waals surface area contributed by atoms with E-state index in [0.29, 0.717) is 0 Å². The van der Waals surface area contributed by atoms with E-state index in [9.17, 15) is 31.9 Å². The van der Waals surface area contributed by atoms with Gasteiger partial charge in [0, 0.05) is 0 Å². The maximum absolute atomic E-state index is 13.6. The molecule has 0 aromatic heterocycles. The minimum Gasteiger partial charge on any atom is -0.465 e. The van der Waals surface area contributed by atoms with Crippen molar-refractivity contribution < 1.29 is 36.6 Å². The van der Waals surface area contributed by atoms with Crippen LogP contribution in [0, 0.1) is 34.5 Å². The Morgan fingerprint density at radius 2 is 1.43 bits per heavy atom. The topological polar surface area (TPSA) is 46.5 Å². The maximum atomic E-state index is 13.6. The smallest absolute Gasteiger partial charge is 0.314 e. The van der Waals surface area contributed by atoms with Crippen molar-refractivity contribution in [3.8, 4) is 0 Å². The van der Waals surface area contributed by atoms with Gasteiger partial charge in [-0.3, -0.25) is 4.79 Å². The highest BCUT2D eigenvalue weighted by molar-refractivity contribution is 5.77. The van der Waals surface area contributed by atoms with E-state index < -0.39 is 52.1 Å². The predicted octanol–water partition coefficient (Wildman–Crippen LogP) is 3.00. The lowest BCUT2D eigenvalue weighted by atomic mass is 9.82. The van der Waals surface area contributed by atoms with Crippen LogP contribution in [0.5, 0.6) is 0 Å². The number of rotatable bonds is 4. The van der Waals surface area contributed by atoms with Crippen molar-refractivity contribution >= 4 is 5.97 Å². The molecular formula is C13H13F5O3. The van der Waals surface area contributed by atoms with Gasteiger partial charge in [0.15, 0.2) is 23.3 Å². The van der Waals surface area contributed by atoms with Gasteiger partial charge >= 0.3 is 5.97 Å². The van der Waals surface area contributed by atoms with E-state index in [1.54, 1.807) is 0 Å². The van der Waals surface area contributed by atoms with Crippen molar-refractivity contribution in [1.82, 2.24) is 0 Å². The second-order valence-corrected chi connectivity index (χ2v) is 4.83. The number of halogens is 5.